The summed E-state index contributed by atoms with van der Waals surface area (Å²) < 4.78 is 19.3. The van der Waals surface area contributed by atoms with E-state index in [1.165, 1.54) is 0 Å². The quantitative estimate of drug-likeness (QED) is 0.461. The zero-order valence-electron chi connectivity index (χ0n) is 20.1. The van der Waals surface area contributed by atoms with Gasteiger partial charge in [0.1, 0.15) is 11.6 Å². The first kappa shape index (κ1) is 23.2. The highest BCUT2D eigenvalue weighted by Gasteiger charge is 2.36. The molecule has 2 aromatic carbocycles. The highest BCUT2D eigenvalue weighted by atomic mass is 16.5. The van der Waals surface area contributed by atoms with Crippen LogP contribution in [0.4, 0.5) is 0 Å². The van der Waals surface area contributed by atoms with E-state index < -0.39 is 5.92 Å². The summed E-state index contributed by atoms with van der Waals surface area (Å²) in [5, 5.41) is 14.7. The predicted molar refractivity (Wildman–Crippen MR) is 130 cm³/mol. The Morgan fingerprint density at radius 3 is 2.56 bits per heavy atom. The minimum atomic E-state index is -0.434. The summed E-state index contributed by atoms with van der Waals surface area (Å²) in [6.45, 7) is 6.74. The molecule has 1 aliphatic heterocycles. The van der Waals surface area contributed by atoms with Crippen LogP contribution >= 0.6 is 0 Å². The molecule has 4 rings (SSSR count). The number of fused-ring (bicyclic) bond motifs is 1. The molecule has 1 aliphatic rings. The molecule has 0 amide bonds. The van der Waals surface area contributed by atoms with Crippen LogP contribution in [0.2, 0.25) is 0 Å². The fourth-order valence-corrected chi connectivity index (χ4v) is 4.23. The largest absolute Gasteiger partial charge is 0.493 e. The summed E-state index contributed by atoms with van der Waals surface area (Å²) in [5.74, 6) is 1.45. The Morgan fingerprint density at radius 2 is 1.88 bits per heavy atom. The summed E-state index contributed by atoms with van der Waals surface area (Å²) in [7, 11) is 1.61. The van der Waals surface area contributed by atoms with E-state index in [1.54, 1.807) is 11.8 Å². The van der Waals surface area contributed by atoms with Gasteiger partial charge in [-0.1, -0.05) is 43.5 Å². The number of rotatable bonds is 8. The number of hydrogen-bond acceptors (Lipinski definition) is 6. The molecule has 1 aromatic heterocycles. The van der Waals surface area contributed by atoms with Crippen LogP contribution < -0.4 is 19.9 Å². The van der Waals surface area contributed by atoms with Crippen LogP contribution in [0.25, 0.3) is 5.69 Å². The molecule has 34 heavy (non-hydrogen) atoms. The molecule has 2 heterocycles. The van der Waals surface area contributed by atoms with Gasteiger partial charge in [-0.15, -0.1) is 0 Å². The average molecular weight is 459 g/mol. The monoisotopic (exact) mass is 458 g/mol. The van der Waals surface area contributed by atoms with Crippen LogP contribution in [0.15, 0.2) is 53.9 Å². The molecule has 2 N–H and O–H groups in total. The minimum absolute atomic E-state index is 0.0760. The maximum Gasteiger partial charge on any atom is 0.229 e. The third kappa shape index (κ3) is 4.32. The number of nitrogens with two attached hydrogens (primary N) is 1. The number of hydrogen-bond donors (Lipinski definition) is 1. The minimum Gasteiger partial charge on any atom is -0.493 e. The molecule has 0 radical (unpaired) electrons. The molecular formula is C27H30N4O3. The predicted octanol–water partition coefficient (Wildman–Crippen LogP) is 5.28. The smallest absolute Gasteiger partial charge is 0.229 e. The van der Waals surface area contributed by atoms with Crippen LogP contribution in [0, 0.1) is 25.2 Å². The molecule has 0 aliphatic carbocycles. The Hall–Kier alpha value is -3.92. The number of nitrogens with zero attached hydrogens (tertiary/aromatic N) is 3. The first-order valence-corrected chi connectivity index (χ1v) is 11.5. The Labute approximate surface area is 200 Å². The van der Waals surface area contributed by atoms with Crippen molar-refractivity contribution in [1.82, 2.24) is 9.78 Å². The van der Waals surface area contributed by atoms with E-state index in [0.717, 1.165) is 47.3 Å². The molecule has 0 fully saturated rings. The number of allylic oxidation sites excluding steroid dienone is 1. The molecule has 1 atom stereocenters. The number of aromatic nitrogens is 2. The maximum atomic E-state index is 9.96. The van der Waals surface area contributed by atoms with Crippen molar-refractivity contribution < 1.29 is 14.2 Å². The zero-order chi connectivity index (χ0) is 24.2. The lowest BCUT2D eigenvalue weighted by Gasteiger charge is -2.25. The lowest BCUT2D eigenvalue weighted by Crippen LogP contribution is -2.22. The highest BCUT2D eigenvalue weighted by Crippen LogP contribution is 2.46. The van der Waals surface area contributed by atoms with Crippen LogP contribution in [0.3, 0.4) is 0 Å². The average Bonchev–Trinajstić information content (AvgIpc) is 3.17. The second-order valence-corrected chi connectivity index (χ2v) is 8.44. The summed E-state index contributed by atoms with van der Waals surface area (Å²) >= 11 is 0. The molecule has 0 saturated heterocycles. The van der Waals surface area contributed by atoms with Gasteiger partial charge in [0.05, 0.1) is 36.6 Å². The van der Waals surface area contributed by atoms with Crippen LogP contribution in [0.1, 0.15) is 54.5 Å². The van der Waals surface area contributed by atoms with E-state index in [2.05, 4.69) is 13.0 Å². The standard InChI is InChI=1S/C27H30N4O3/c1-5-6-7-14-33-22-13-10-19(15-23(22)32-4)25-21(16-28)26(29)34-27-24(25)18(3)30-31(27)20-11-8-17(2)9-12-20/h8-13,15,25H,5-7,14,29H2,1-4H3/t25-/m0/s1. The van der Waals surface area contributed by atoms with Gasteiger partial charge in [0.15, 0.2) is 11.5 Å². The third-order valence-corrected chi connectivity index (χ3v) is 6.04. The van der Waals surface area contributed by atoms with Crippen molar-refractivity contribution >= 4 is 0 Å². The number of unbranched alkanes of at least 4 members (excludes halogenated alkanes) is 2. The molecule has 0 saturated carbocycles. The van der Waals surface area contributed by atoms with Crippen LogP contribution in [-0.2, 0) is 0 Å². The van der Waals surface area contributed by atoms with E-state index in [1.807, 2.05) is 56.3 Å². The van der Waals surface area contributed by atoms with Gasteiger partial charge in [-0.25, -0.2) is 4.68 Å². The van der Waals surface area contributed by atoms with E-state index >= 15 is 0 Å². The zero-order valence-corrected chi connectivity index (χ0v) is 20.1. The Kier molecular flexibility index (Phi) is 6.78. The van der Waals surface area contributed by atoms with Gasteiger partial charge >= 0.3 is 0 Å². The summed E-state index contributed by atoms with van der Waals surface area (Å²) in [6, 6.07) is 16.0. The van der Waals surface area contributed by atoms with Gasteiger partial charge in [0.2, 0.25) is 11.8 Å². The molecule has 0 bridgehead atoms. The van der Waals surface area contributed by atoms with Gasteiger partial charge < -0.3 is 19.9 Å². The van der Waals surface area contributed by atoms with Gasteiger partial charge in [0, 0.05) is 0 Å². The molecule has 0 unspecified atom stereocenters. The molecule has 176 valence electrons. The first-order valence-electron chi connectivity index (χ1n) is 11.5. The van der Waals surface area contributed by atoms with Crippen molar-refractivity contribution in [3.63, 3.8) is 0 Å². The van der Waals surface area contributed by atoms with Gasteiger partial charge in [-0.2, -0.15) is 10.4 Å². The van der Waals surface area contributed by atoms with Gasteiger partial charge in [-0.3, -0.25) is 0 Å². The Bertz CT molecular complexity index is 1250. The summed E-state index contributed by atoms with van der Waals surface area (Å²) in [4.78, 5) is 0. The second kappa shape index (κ2) is 9.92. The lowest BCUT2D eigenvalue weighted by molar-refractivity contribution is 0.286. The van der Waals surface area contributed by atoms with Crippen molar-refractivity contribution in [2.45, 2.75) is 46.0 Å². The van der Waals surface area contributed by atoms with Crippen molar-refractivity contribution in [3.8, 4) is 29.1 Å². The first-order chi connectivity index (χ1) is 16.5. The molecule has 7 heteroatoms. The van der Waals surface area contributed by atoms with Crippen molar-refractivity contribution in [2.75, 3.05) is 13.7 Å². The Balaban J connectivity index is 1.78. The SMILES string of the molecule is CCCCCOc1ccc([C@H]2C(C#N)=C(N)Oc3c2c(C)nn3-c2ccc(C)cc2)cc1OC. The molecular weight excluding hydrogens is 428 g/mol. The number of nitriles is 1. The van der Waals surface area contributed by atoms with Gasteiger partial charge in [0.25, 0.3) is 0 Å². The summed E-state index contributed by atoms with van der Waals surface area (Å²) in [5.41, 5.74) is 11.0. The third-order valence-electron chi connectivity index (χ3n) is 6.04. The second-order valence-electron chi connectivity index (χ2n) is 8.44. The summed E-state index contributed by atoms with van der Waals surface area (Å²) in [6.07, 6.45) is 3.23. The lowest BCUT2D eigenvalue weighted by atomic mass is 9.84. The van der Waals surface area contributed by atoms with E-state index in [4.69, 9.17) is 25.0 Å². The van der Waals surface area contributed by atoms with Crippen molar-refractivity contribution in [3.05, 3.63) is 76.3 Å². The van der Waals surface area contributed by atoms with Crippen molar-refractivity contribution in [2.24, 2.45) is 5.73 Å². The van der Waals surface area contributed by atoms with Crippen LogP contribution in [0.5, 0.6) is 17.4 Å². The van der Waals surface area contributed by atoms with E-state index in [0.29, 0.717) is 29.6 Å². The topological polar surface area (TPSA) is 95.3 Å². The molecule has 3 aromatic rings. The normalized spacial score (nSPS) is 14.9. The number of methoxy groups -OCH3 is 1. The molecule has 0 spiro atoms. The van der Waals surface area contributed by atoms with Crippen LogP contribution in [-0.4, -0.2) is 23.5 Å². The molecule has 7 nitrogen and oxygen atoms in total. The fraction of sp³-hybridized carbons (Fsp3) is 0.333. The number of benzene rings is 2. The van der Waals surface area contributed by atoms with E-state index in [-0.39, 0.29) is 5.88 Å². The van der Waals surface area contributed by atoms with E-state index in [9.17, 15) is 5.26 Å². The number of aryl methyl sites for hydroxylation is 2. The Morgan fingerprint density at radius 1 is 1.12 bits per heavy atom. The highest BCUT2D eigenvalue weighted by molar-refractivity contribution is 5.59. The maximum absolute atomic E-state index is 9.96. The fourth-order valence-electron chi connectivity index (χ4n) is 4.23. The van der Waals surface area contributed by atoms with Gasteiger partial charge in [-0.05, 0) is 50.1 Å². The number of ether oxygens (including phenoxy) is 3. The van der Waals surface area contributed by atoms with Crippen molar-refractivity contribution in [1.29, 1.82) is 5.26 Å².